The number of carbonyl (C=O) groups excluding carboxylic acids is 1. The fourth-order valence-corrected chi connectivity index (χ4v) is 3.13. The van der Waals surface area contributed by atoms with Crippen LogP contribution in [-0.2, 0) is 4.79 Å². The van der Waals surface area contributed by atoms with Crippen LogP contribution in [0.2, 0.25) is 15.1 Å². The molecule has 0 saturated carbocycles. The normalized spacial score (nSPS) is 16.0. The molecule has 0 spiro atoms. The van der Waals surface area contributed by atoms with E-state index in [1.165, 1.54) is 0 Å². The lowest BCUT2D eigenvalue weighted by atomic mass is 10.0. The highest BCUT2D eigenvalue weighted by molar-refractivity contribution is 6.35. The zero-order valence-electron chi connectivity index (χ0n) is 12.5. The number of rotatable bonds is 4. The highest BCUT2D eigenvalue weighted by Crippen LogP contribution is 2.34. The van der Waals surface area contributed by atoms with Gasteiger partial charge in [0, 0.05) is 22.0 Å². The van der Waals surface area contributed by atoms with Crippen LogP contribution in [0.3, 0.4) is 0 Å². The van der Waals surface area contributed by atoms with Crippen molar-refractivity contribution in [1.29, 1.82) is 0 Å². The van der Waals surface area contributed by atoms with Gasteiger partial charge in [0.1, 0.15) is 11.5 Å². The Bertz CT molecular complexity index is 767. The monoisotopic (exact) mass is 385 g/mol. The maximum Gasteiger partial charge on any atom is 0.258 e. The van der Waals surface area contributed by atoms with Gasteiger partial charge in [0.05, 0.1) is 17.7 Å². The molecule has 4 nitrogen and oxygen atoms in total. The van der Waals surface area contributed by atoms with E-state index in [-0.39, 0.29) is 18.6 Å². The number of halogens is 3. The van der Waals surface area contributed by atoms with Crippen LogP contribution in [0.1, 0.15) is 18.0 Å². The summed E-state index contributed by atoms with van der Waals surface area (Å²) in [7, 11) is 0. The van der Waals surface area contributed by atoms with E-state index in [1.54, 1.807) is 36.4 Å². The predicted octanol–water partition coefficient (Wildman–Crippen LogP) is 4.67. The van der Waals surface area contributed by atoms with Gasteiger partial charge in [-0.3, -0.25) is 4.79 Å². The molecule has 1 atom stereocenters. The minimum absolute atomic E-state index is 0.144. The van der Waals surface area contributed by atoms with Crippen molar-refractivity contribution in [3.63, 3.8) is 0 Å². The first-order valence-corrected chi connectivity index (χ1v) is 8.46. The molecular formula is C17H14Cl3NO3. The van der Waals surface area contributed by atoms with Crippen molar-refractivity contribution in [3.05, 3.63) is 57.0 Å². The molecule has 7 heteroatoms. The Kier molecular flexibility index (Phi) is 5.39. The fourth-order valence-electron chi connectivity index (χ4n) is 2.49. The highest BCUT2D eigenvalue weighted by Gasteiger charge is 2.23. The maximum atomic E-state index is 12.2. The quantitative estimate of drug-likeness (QED) is 0.831. The number of amides is 1. The van der Waals surface area contributed by atoms with Crippen LogP contribution in [0.25, 0.3) is 0 Å². The molecule has 1 unspecified atom stereocenters. The molecule has 0 fully saturated rings. The minimum Gasteiger partial charge on any atom is -0.493 e. The van der Waals surface area contributed by atoms with Crippen molar-refractivity contribution in [1.82, 2.24) is 5.32 Å². The third kappa shape index (κ3) is 4.07. The molecule has 3 rings (SSSR count). The van der Waals surface area contributed by atoms with Crippen molar-refractivity contribution in [2.75, 3.05) is 13.2 Å². The summed E-state index contributed by atoms with van der Waals surface area (Å²) in [5, 5.41) is 4.40. The molecule has 24 heavy (non-hydrogen) atoms. The summed E-state index contributed by atoms with van der Waals surface area (Å²) in [6.45, 7) is 0.387. The second-order valence-corrected chi connectivity index (χ2v) is 6.58. The van der Waals surface area contributed by atoms with Crippen LogP contribution in [0, 0.1) is 0 Å². The molecule has 0 bridgehead atoms. The van der Waals surface area contributed by atoms with Crippen LogP contribution >= 0.6 is 34.8 Å². The number of nitrogens with one attached hydrogen (secondary N) is 1. The summed E-state index contributed by atoms with van der Waals surface area (Å²) >= 11 is 17.9. The Morgan fingerprint density at radius 1 is 1.17 bits per heavy atom. The van der Waals surface area contributed by atoms with E-state index in [1.807, 2.05) is 0 Å². The Morgan fingerprint density at radius 2 is 1.92 bits per heavy atom. The molecule has 0 aliphatic carbocycles. The van der Waals surface area contributed by atoms with Crippen molar-refractivity contribution in [2.45, 2.75) is 12.5 Å². The van der Waals surface area contributed by atoms with Gasteiger partial charge in [-0.05, 0) is 36.4 Å². The fraction of sp³-hybridized carbons (Fsp3) is 0.235. The van der Waals surface area contributed by atoms with Gasteiger partial charge in [-0.2, -0.15) is 0 Å². The molecule has 1 aliphatic heterocycles. The smallest absolute Gasteiger partial charge is 0.258 e. The molecule has 1 heterocycles. The second kappa shape index (κ2) is 7.51. The van der Waals surface area contributed by atoms with Gasteiger partial charge in [0.2, 0.25) is 0 Å². The highest BCUT2D eigenvalue weighted by atomic mass is 35.5. The lowest BCUT2D eigenvalue weighted by Gasteiger charge is -2.26. The number of ether oxygens (including phenoxy) is 2. The van der Waals surface area contributed by atoms with Crippen LogP contribution < -0.4 is 14.8 Å². The van der Waals surface area contributed by atoms with Crippen molar-refractivity contribution in [3.8, 4) is 11.5 Å². The van der Waals surface area contributed by atoms with E-state index in [4.69, 9.17) is 44.3 Å². The number of carbonyl (C=O) groups is 1. The average Bonchev–Trinajstić information content (AvgIpc) is 2.54. The van der Waals surface area contributed by atoms with E-state index < -0.39 is 0 Å². The number of hydrogen-bond donors (Lipinski definition) is 1. The molecule has 2 aromatic carbocycles. The summed E-state index contributed by atoms with van der Waals surface area (Å²) in [6, 6.07) is 10.0. The van der Waals surface area contributed by atoms with Crippen LogP contribution in [0.15, 0.2) is 36.4 Å². The van der Waals surface area contributed by atoms with Crippen LogP contribution in [0.5, 0.6) is 11.5 Å². The van der Waals surface area contributed by atoms with Gasteiger partial charge >= 0.3 is 0 Å². The van der Waals surface area contributed by atoms with Crippen LogP contribution in [0.4, 0.5) is 0 Å². The third-order valence-corrected chi connectivity index (χ3v) is 4.36. The SMILES string of the molecule is O=C(COc1ccc(Cl)cc1Cl)NC1CCOc2ccc(Cl)cc21. The van der Waals surface area contributed by atoms with Gasteiger partial charge in [-0.1, -0.05) is 34.8 Å². The van der Waals surface area contributed by atoms with Crippen molar-refractivity contribution < 1.29 is 14.3 Å². The lowest BCUT2D eigenvalue weighted by molar-refractivity contribution is -0.124. The number of benzene rings is 2. The number of hydrogen-bond acceptors (Lipinski definition) is 3. The molecule has 0 radical (unpaired) electrons. The molecule has 1 amide bonds. The zero-order valence-corrected chi connectivity index (χ0v) is 14.8. The van der Waals surface area contributed by atoms with Gasteiger partial charge < -0.3 is 14.8 Å². The Labute approximate surface area is 154 Å². The Hall–Kier alpha value is -1.62. The van der Waals surface area contributed by atoms with Gasteiger partial charge in [-0.15, -0.1) is 0 Å². The first kappa shape index (κ1) is 17.2. The van der Waals surface area contributed by atoms with E-state index in [2.05, 4.69) is 5.32 Å². The largest absolute Gasteiger partial charge is 0.493 e. The van der Waals surface area contributed by atoms with Crippen LogP contribution in [-0.4, -0.2) is 19.1 Å². The summed E-state index contributed by atoms with van der Waals surface area (Å²) in [6.07, 6.45) is 0.667. The minimum atomic E-state index is -0.251. The van der Waals surface area contributed by atoms with Gasteiger partial charge in [0.15, 0.2) is 6.61 Å². The van der Waals surface area contributed by atoms with Gasteiger partial charge in [0.25, 0.3) is 5.91 Å². The van der Waals surface area contributed by atoms with E-state index in [0.29, 0.717) is 33.8 Å². The molecule has 2 aromatic rings. The molecular weight excluding hydrogens is 373 g/mol. The standard InChI is InChI=1S/C17H14Cl3NO3/c18-10-1-3-15-12(7-10)14(5-6-23-15)21-17(22)9-24-16-4-2-11(19)8-13(16)20/h1-4,7-8,14H,5-6,9H2,(H,21,22). The molecule has 1 N–H and O–H groups in total. The maximum absolute atomic E-state index is 12.2. The third-order valence-electron chi connectivity index (χ3n) is 3.60. The Morgan fingerprint density at radius 3 is 2.71 bits per heavy atom. The van der Waals surface area contributed by atoms with E-state index in [0.717, 1.165) is 11.3 Å². The van der Waals surface area contributed by atoms with Crippen molar-refractivity contribution in [2.24, 2.45) is 0 Å². The Balaban J connectivity index is 1.63. The van der Waals surface area contributed by atoms with Crippen molar-refractivity contribution >= 4 is 40.7 Å². The first-order chi connectivity index (χ1) is 11.5. The van der Waals surface area contributed by atoms with E-state index >= 15 is 0 Å². The van der Waals surface area contributed by atoms with Gasteiger partial charge in [-0.25, -0.2) is 0 Å². The summed E-state index contributed by atoms with van der Waals surface area (Å²) < 4.78 is 11.0. The van der Waals surface area contributed by atoms with E-state index in [9.17, 15) is 4.79 Å². The summed E-state index contributed by atoms with van der Waals surface area (Å²) in [5.41, 5.74) is 0.867. The second-order valence-electron chi connectivity index (χ2n) is 5.30. The molecule has 126 valence electrons. The predicted molar refractivity (Wildman–Crippen MR) is 94.4 cm³/mol. The summed E-state index contributed by atoms with van der Waals surface area (Å²) in [4.78, 5) is 12.2. The first-order valence-electron chi connectivity index (χ1n) is 7.32. The molecule has 0 aromatic heterocycles. The molecule has 1 aliphatic rings. The molecule has 0 saturated heterocycles. The number of fused-ring (bicyclic) bond motifs is 1. The average molecular weight is 387 g/mol. The zero-order chi connectivity index (χ0) is 17.1. The lowest BCUT2D eigenvalue weighted by Crippen LogP contribution is -2.35. The topological polar surface area (TPSA) is 47.6 Å². The summed E-state index contributed by atoms with van der Waals surface area (Å²) in [5.74, 6) is 0.892.